The van der Waals surface area contributed by atoms with E-state index < -0.39 is 0 Å². The molecule has 23 heavy (non-hydrogen) atoms. The maximum Gasteiger partial charge on any atom is 0.0523 e. The van der Waals surface area contributed by atoms with Crippen LogP contribution in [-0.2, 0) is 6.54 Å². The van der Waals surface area contributed by atoms with Gasteiger partial charge in [0, 0.05) is 28.9 Å². The zero-order valence-corrected chi connectivity index (χ0v) is 14.5. The molecule has 2 aromatic carbocycles. The SMILES string of the molecule is Cc1ccc(C)c2c1c1ccccc1n2CCC1CCCN1C. The van der Waals surface area contributed by atoms with Gasteiger partial charge in [-0.1, -0.05) is 30.3 Å². The molecule has 1 saturated heterocycles. The Labute approximate surface area is 138 Å². The van der Waals surface area contributed by atoms with Gasteiger partial charge < -0.3 is 9.47 Å². The minimum absolute atomic E-state index is 0.747. The van der Waals surface area contributed by atoms with Gasteiger partial charge in [0.25, 0.3) is 0 Å². The molecule has 1 atom stereocenters. The highest BCUT2D eigenvalue weighted by molar-refractivity contribution is 6.10. The summed E-state index contributed by atoms with van der Waals surface area (Å²) >= 11 is 0. The van der Waals surface area contributed by atoms with Crippen LogP contribution in [-0.4, -0.2) is 29.1 Å². The standard InChI is InChI=1S/C21H26N2/c1-15-10-11-16(2)21-20(15)18-8-4-5-9-19(18)23(21)14-12-17-7-6-13-22(17)3/h4-5,8-11,17H,6-7,12-14H2,1-3H3. The second-order valence-corrected chi connectivity index (χ2v) is 7.16. The molecule has 0 N–H and O–H groups in total. The number of likely N-dealkylation sites (tertiary alicyclic amines) is 1. The van der Waals surface area contributed by atoms with E-state index in [1.165, 1.54) is 58.7 Å². The quantitative estimate of drug-likeness (QED) is 0.668. The molecule has 0 radical (unpaired) electrons. The summed E-state index contributed by atoms with van der Waals surface area (Å²) in [5, 5.41) is 2.85. The van der Waals surface area contributed by atoms with Crippen molar-refractivity contribution in [3.8, 4) is 0 Å². The van der Waals surface area contributed by atoms with Gasteiger partial charge in [-0.15, -0.1) is 0 Å². The van der Waals surface area contributed by atoms with Gasteiger partial charge in [-0.25, -0.2) is 0 Å². The third-order valence-electron chi connectivity index (χ3n) is 5.68. The Morgan fingerprint density at radius 3 is 2.61 bits per heavy atom. The lowest BCUT2D eigenvalue weighted by atomic mass is 10.0. The van der Waals surface area contributed by atoms with Gasteiger partial charge in [-0.2, -0.15) is 0 Å². The van der Waals surface area contributed by atoms with E-state index in [2.05, 4.69) is 66.8 Å². The zero-order valence-electron chi connectivity index (χ0n) is 14.5. The molecule has 3 aromatic rings. The maximum atomic E-state index is 2.57. The number of benzene rings is 2. The van der Waals surface area contributed by atoms with Gasteiger partial charge in [-0.05, 0) is 63.9 Å². The number of nitrogens with zero attached hydrogens (tertiary/aromatic N) is 2. The van der Waals surface area contributed by atoms with E-state index in [9.17, 15) is 0 Å². The Kier molecular flexibility index (Phi) is 3.65. The van der Waals surface area contributed by atoms with Crippen molar-refractivity contribution in [3.63, 3.8) is 0 Å². The fraction of sp³-hybridized carbons (Fsp3) is 0.429. The van der Waals surface area contributed by atoms with Gasteiger partial charge >= 0.3 is 0 Å². The van der Waals surface area contributed by atoms with Gasteiger partial charge in [0.05, 0.1) is 5.52 Å². The molecule has 2 nitrogen and oxygen atoms in total. The number of aromatic nitrogens is 1. The lowest BCUT2D eigenvalue weighted by Crippen LogP contribution is -2.26. The molecule has 1 aliphatic rings. The Balaban J connectivity index is 1.84. The van der Waals surface area contributed by atoms with E-state index in [0.717, 1.165) is 12.6 Å². The van der Waals surface area contributed by atoms with Crippen molar-refractivity contribution >= 4 is 21.8 Å². The van der Waals surface area contributed by atoms with Crippen molar-refractivity contribution in [2.24, 2.45) is 0 Å². The van der Waals surface area contributed by atoms with Crippen LogP contribution in [0.3, 0.4) is 0 Å². The summed E-state index contributed by atoms with van der Waals surface area (Å²) in [5.41, 5.74) is 5.60. The largest absolute Gasteiger partial charge is 0.340 e. The Morgan fingerprint density at radius 2 is 1.83 bits per heavy atom. The first-order valence-corrected chi connectivity index (χ1v) is 8.84. The predicted octanol–water partition coefficient (Wildman–Crippen LogP) is 4.90. The molecule has 1 unspecified atom stereocenters. The fourth-order valence-electron chi connectivity index (χ4n) is 4.38. The number of hydrogen-bond acceptors (Lipinski definition) is 1. The van der Waals surface area contributed by atoms with Gasteiger partial charge in [0.1, 0.15) is 0 Å². The molecule has 1 aliphatic heterocycles. The van der Waals surface area contributed by atoms with Crippen molar-refractivity contribution in [1.29, 1.82) is 0 Å². The molecule has 0 bridgehead atoms. The van der Waals surface area contributed by atoms with Gasteiger partial charge in [0.15, 0.2) is 0 Å². The van der Waals surface area contributed by atoms with Crippen LogP contribution in [0.2, 0.25) is 0 Å². The molecule has 0 amide bonds. The molecule has 1 aromatic heterocycles. The summed E-state index contributed by atoms with van der Waals surface area (Å²) in [7, 11) is 2.28. The van der Waals surface area contributed by atoms with E-state index in [4.69, 9.17) is 0 Å². The highest BCUT2D eigenvalue weighted by Crippen LogP contribution is 2.34. The molecule has 0 spiro atoms. The molecule has 1 fully saturated rings. The fourth-order valence-corrected chi connectivity index (χ4v) is 4.38. The lowest BCUT2D eigenvalue weighted by molar-refractivity contribution is 0.288. The molecular weight excluding hydrogens is 280 g/mol. The van der Waals surface area contributed by atoms with E-state index in [1.807, 2.05) is 0 Å². The molecule has 4 rings (SSSR count). The van der Waals surface area contributed by atoms with Crippen molar-refractivity contribution in [1.82, 2.24) is 9.47 Å². The van der Waals surface area contributed by atoms with Crippen molar-refractivity contribution in [3.05, 3.63) is 47.5 Å². The molecule has 2 heterocycles. The Morgan fingerprint density at radius 1 is 1.04 bits per heavy atom. The topological polar surface area (TPSA) is 8.17 Å². The first-order chi connectivity index (χ1) is 11.2. The first kappa shape index (κ1) is 14.8. The minimum Gasteiger partial charge on any atom is -0.340 e. The van der Waals surface area contributed by atoms with Crippen LogP contribution in [0.1, 0.15) is 30.4 Å². The molecule has 120 valence electrons. The van der Waals surface area contributed by atoms with Crippen molar-refractivity contribution in [2.75, 3.05) is 13.6 Å². The smallest absolute Gasteiger partial charge is 0.0523 e. The second kappa shape index (κ2) is 5.68. The summed E-state index contributed by atoms with van der Waals surface area (Å²) in [6.45, 7) is 6.86. The van der Waals surface area contributed by atoms with E-state index >= 15 is 0 Å². The predicted molar refractivity (Wildman–Crippen MR) is 99.2 cm³/mol. The molecule has 2 heteroatoms. The number of hydrogen-bond donors (Lipinski definition) is 0. The number of rotatable bonds is 3. The third kappa shape index (κ3) is 2.36. The monoisotopic (exact) mass is 306 g/mol. The van der Waals surface area contributed by atoms with Crippen molar-refractivity contribution in [2.45, 2.75) is 45.7 Å². The van der Waals surface area contributed by atoms with E-state index in [0.29, 0.717) is 0 Å². The van der Waals surface area contributed by atoms with Crippen LogP contribution in [0.4, 0.5) is 0 Å². The third-order valence-corrected chi connectivity index (χ3v) is 5.68. The summed E-state index contributed by atoms with van der Waals surface area (Å²) in [6, 6.07) is 14.2. The van der Waals surface area contributed by atoms with E-state index in [-0.39, 0.29) is 0 Å². The van der Waals surface area contributed by atoms with Gasteiger partial charge in [0.2, 0.25) is 0 Å². The van der Waals surface area contributed by atoms with Crippen molar-refractivity contribution < 1.29 is 0 Å². The average molecular weight is 306 g/mol. The number of para-hydroxylation sites is 1. The maximum absolute atomic E-state index is 2.57. The molecule has 0 aliphatic carbocycles. The summed E-state index contributed by atoms with van der Waals surface area (Å²) in [5.74, 6) is 0. The van der Waals surface area contributed by atoms with Crippen LogP contribution in [0.25, 0.3) is 21.8 Å². The highest BCUT2D eigenvalue weighted by Gasteiger charge is 2.21. The number of fused-ring (bicyclic) bond motifs is 3. The normalized spacial score (nSPS) is 19.2. The first-order valence-electron chi connectivity index (χ1n) is 8.84. The highest BCUT2D eigenvalue weighted by atomic mass is 15.1. The summed E-state index contributed by atoms with van der Waals surface area (Å²) < 4.78 is 2.57. The lowest BCUT2D eigenvalue weighted by Gasteiger charge is -2.20. The van der Waals surface area contributed by atoms with Crippen LogP contribution in [0.5, 0.6) is 0 Å². The van der Waals surface area contributed by atoms with Crippen LogP contribution >= 0.6 is 0 Å². The summed E-state index contributed by atoms with van der Waals surface area (Å²) in [6.07, 6.45) is 3.95. The van der Waals surface area contributed by atoms with Crippen LogP contribution in [0, 0.1) is 13.8 Å². The van der Waals surface area contributed by atoms with Gasteiger partial charge in [-0.3, -0.25) is 0 Å². The molecule has 0 saturated carbocycles. The van der Waals surface area contributed by atoms with Crippen LogP contribution in [0.15, 0.2) is 36.4 Å². The molecular formula is C21H26N2. The Bertz CT molecular complexity index is 859. The van der Waals surface area contributed by atoms with E-state index in [1.54, 1.807) is 0 Å². The minimum atomic E-state index is 0.747. The second-order valence-electron chi connectivity index (χ2n) is 7.16. The summed E-state index contributed by atoms with van der Waals surface area (Å²) in [4.78, 5) is 2.53. The zero-order chi connectivity index (χ0) is 16.0. The van der Waals surface area contributed by atoms with Crippen LogP contribution < -0.4 is 0 Å². The Hall–Kier alpha value is -1.80. The average Bonchev–Trinajstić information content (AvgIpc) is 3.11. The number of aryl methyl sites for hydroxylation is 3.